The Morgan fingerprint density at radius 2 is 2.40 bits per heavy atom. The standard InChI is InChI=1S/C9H13ClN2O2S/c1-6(2)12(4-3-8(13)14)9-11-7(10)5-15-9/h5-6H,3-4H2,1-2H3,(H,13,14). The fourth-order valence-electron chi connectivity index (χ4n) is 1.17. The van der Waals surface area contributed by atoms with Crippen LogP contribution < -0.4 is 4.90 Å². The summed E-state index contributed by atoms with van der Waals surface area (Å²) in [6.45, 7) is 4.45. The number of anilines is 1. The monoisotopic (exact) mass is 248 g/mol. The third-order valence-corrected chi connectivity index (χ3v) is 3.10. The van der Waals surface area contributed by atoms with E-state index in [2.05, 4.69) is 4.98 Å². The summed E-state index contributed by atoms with van der Waals surface area (Å²) in [5.74, 6) is -0.802. The molecule has 6 heteroatoms. The highest BCUT2D eigenvalue weighted by Gasteiger charge is 2.15. The Bertz CT molecular complexity index is 341. The lowest BCUT2D eigenvalue weighted by molar-refractivity contribution is -0.136. The van der Waals surface area contributed by atoms with Gasteiger partial charge in [-0.1, -0.05) is 11.6 Å². The summed E-state index contributed by atoms with van der Waals surface area (Å²) in [6.07, 6.45) is 0.107. The molecule has 1 heterocycles. The molecule has 15 heavy (non-hydrogen) atoms. The molecule has 0 amide bonds. The Morgan fingerprint density at radius 3 is 2.80 bits per heavy atom. The molecule has 0 bridgehead atoms. The second-order valence-corrected chi connectivity index (χ2v) is 4.61. The number of nitrogens with zero attached hydrogens (tertiary/aromatic N) is 2. The fourth-order valence-corrected chi connectivity index (χ4v) is 2.28. The Hall–Kier alpha value is -0.810. The van der Waals surface area contributed by atoms with E-state index in [4.69, 9.17) is 16.7 Å². The summed E-state index contributed by atoms with van der Waals surface area (Å²) >= 11 is 7.16. The number of carboxylic acid groups (broad SMARTS) is 1. The van der Waals surface area contributed by atoms with Crippen LogP contribution in [-0.2, 0) is 4.79 Å². The number of hydrogen-bond donors (Lipinski definition) is 1. The van der Waals surface area contributed by atoms with Crippen molar-refractivity contribution in [2.24, 2.45) is 0 Å². The van der Waals surface area contributed by atoms with E-state index in [1.807, 2.05) is 18.7 Å². The van der Waals surface area contributed by atoms with E-state index in [-0.39, 0.29) is 12.5 Å². The quantitative estimate of drug-likeness (QED) is 0.870. The molecular weight excluding hydrogens is 236 g/mol. The molecule has 1 aromatic rings. The van der Waals surface area contributed by atoms with Gasteiger partial charge in [-0.25, -0.2) is 4.98 Å². The first-order chi connectivity index (χ1) is 7.00. The highest BCUT2D eigenvalue weighted by molar-refractivity contribution is 7.14. The zero-order chi connectivity index (χ0) is 11.4. The molecule has 1 N–H and O–H groups in total. The van der Waals surface area contributed by atoms with Crippen LogP contribution in [0.4, 0.5) is 5.13 Å². The molecular formula is C9H13ClN2O2S. The summed E-state index contributed by atoms with van der Waals surface area (Å²) in [7, 11) is 0. The van der Waals surface area contributed by atoms with Crippen LogP contribution >= 0.6 is 22.9 Å². The smallest absolute Gasteiger partial charge is 0.305 e. The minimum atomic E-state index is -0.802. The van der Waals surface area contributed by atoms with E-state index in [0.29, 0.717) is 11.7 Å². The van der Waals surface area contributed by atoms with Crippen LogP contribution in [0.5, 0.6) is 0 Å². The summed E-state index contributed by atoms with van der Waals surface area (Å²) < 4.78 is 0. The maximum Gasteiger partial charge on any atom is 0.305 e. The van der Waals surface area contributed by atoms with Crippen LogP contribution in [0.1, 0.15) is 20.3 Å². The molecule has 0 aromatic carbocycles. The van der Waals surface area contributed by atoms with Crippen LogP contribution in [-0.4, -0.2) is 28.6 Å². The van der Waals surface area contributed by atoms with E-state index in [9.17, 15) is 4.79 Å². The van der Waals surface area contributed by atoms with Gasteiger partial charge in [0.2, 0.25) is 0 Å². The van der Waals surface area contributed by atoms with Crippen molar-refractivity contribution in [3.63, 3.8) is 0 Å². The Balaban J connectivity index is 2.70. The van der Waals surface area contributed by atoms with Gasteiger partial charge in [0.1, 0.15) is 5.15 Å². The Labute approximate surface area is 97.5 Å². The molecule has 0 aliphatic heterocycles. The number of carbonyl (C=O) groups is 1. The second kappa shape index (κ2) is 5.32. The number of thiazole rings is 1. The highest BCUT2D eigenvalue weighted by atomic mass is 35.5. The average Bonchev–Trinajstić information content (AvgIpc) is 2.51. The van der Waals surface area contributed by atoms with Crippen LogP contribution in [0.15, 0.2) is 5.38 Å². The Kier molecular flexibility index (Phi) is 4.35. The maximum atomic E-state index is 10.5. The molecule has 1 rings (SSSR count). The van der Waals surface area contributed by atoms with Crippen LogP contribution in [0.25, 0.3) is 0 Å². The molecule has 0 saturated carbocycles. The number of aliphatic carboxylic acids is 1. The van der Waals surface area contributed by atoms with E-state index in [1.54, 1.807) is 5.38 Å². The maximum absolute atomic E-state index is 10.5. The number of aromatic nitrogens is 1. The van der Waals surface area contributed by atoms with Gasteiger partial charge >= 0.3 is 5.97 Å². The van der Waals surface area contributed by atoms with Crippen LogP contribution in [0, 0.1) is 0 Å². The topological polar surface area (TPSA) is 53.4 Å². The largest absolute Gasteiger partial charge is 0.481 e. The molecule has 0 fully saturated rings. The molecule has 0 aliphatic rings. The molecule has 0 unspecified atom stereocenters. The van der Waals surface area contributed by atoms with E-state index in [1.165, 1.54) is 11.3 Å². The Morgan fingerprint density at radius 1 is 1.73 bits per heavy atom. The average molecular weight is 249 g/mol. The normalized spacial score (nSPS) is 10.7. The minimum absolute atomic E-state index is 0.107. The zero-order valence-corrected chi connectivity index (χ0v) is 10.2. The number of rotatable bonds is 5. The molecule has 0 radical (unpaired) electrons. The summed E-state index contributed by atoms with van der Waals surface area (Å²) in [5, 5.41) is 11.6. The lowest BCUT2D eigenvalue weighted by Crippen LogP contribution is -2.32. The second-order valence-electron chi connectivity index (χ2n) is 3.38. The first kappa shape index (κ1) is 12.3. The van der Waals surface area contributed by atoms with Gasteiger partial charge in [-0.3, -0.25) is 4.79 Å². The van der Waals surface area contributed by atoms with Crippen molar-refractivity contribution in [3.05, 3.63) is 10.5 Å². The van der Waals surface area contributed by atoms with Gasteiger partial charge in [0, 0.05) is 18.0 Å². The minimum Gasteiger partial charge on any atom is -0.481 e. The number of carboxylic acids is 1. The van der Waals surface area contributed by atoms with Gasteiger partial charge in [-0.2, -0.15) is 0 Å². The van der Waals surface area contributed by atoms with Gasteiger partial charge in [0.25, 0.3) is 0 Å². The molecule has 0 spiro atoms. The molecule has 4 nitrogen and oxygen atoms in total. The fraction of sp³-hybridized carbons (Fsp3) is 0.556. The van der Waals surface area contributed by atoms with Crippen molar-refractivity contribution >= 4 is 34.0 Å². The third kappa shape index (κ3) is 3.68. The van der Waals surface area contributed by atoms with Crippen molar-refractivity contribution in [1.82, 2.24) is 4.98 Å². The van der Waals surface area contributed by atoms with Gasteiger partial charge in [0.05, 0.1) is 6.42 Å². The van der Waals surface area contributed by atoms with Crippen molar-refractivity contribution in [1.29, 1.82) is 0 Å². The summed E-state index contributed by atoms with van der Waals surface area (Å²) in [6, 6.07) is 0.214. The van der Waals surface area contributed by atoms with Crippen molar-refractivity contribution in [2.75, 3.05) is 11.4 Å². The number of halogens is 1. The predicted molar refractivity (Wildman–Crippen MR) is 61.9 cm³/mol. The van der Waals surface area contributed by atoms with Crippen molar-refractivity contribution in [3.8, 4) is 0 Å². The molecule has 1 aromatic heterocycles. The first-order valence-corrected chi connectivity index (χ1v) is 5.86. The predicted octanol–water partition coefficient (Wildman–Crippen LogP) is 2.49. The van der Waals surface area contributed by atoms with Crippen molar-refractivity contribution in [2.45, 2.75) is 26.3 Å². The molecule has 84 valence electrons. The van der Waals surface area contributed by atoms with Gasteiger partial charge in [-0.15, -0.1) is 11.3 Å². The first-order valence-electron chi connectivity index (χ1n) is 4.60. The molecule has 0 atom stereocenters. The lowest BCUT2D eigenvalue weighted by Gasteiger charge is -2.25. The SMILES string of the molecule is CC(C)N(CCC(=O)O)c1nc(Cl)cs1. The third-order valence-electron chi connectivity index (χ3n) is 1.90. The van der Waals surface area contributed by atoms with Crippen molar-refractivity contribution < 1.29 is 9.90 Å². The zero-order valence-electron chi connectivity index (χ0n) is 8.61. The van der Waals surface area contributed by atoms with Crippen LogP contribution in [0.2, 0.25) is 5.15 Å². The van der Waals surface area contributed by atoms with E-state index < -0.39 is 5.97 Å². The van der Waals surface area contributed by atoms with Gasteiger partial charge in [0.15, 0.2) is 5.13 Å². The highest BCUT2D eigenvalue weighted by Crippen LogP contribution is 2.24. The lowest BCUT2D eigenvalue weighted by atomic mass is 10.3. The summed E-state index contributed by atoms with van der Waals surface area (Å²) in [4.78, 5) is 16.6. The van der Waals surface area contributed by atoms with Crippen LogP contribution in [0.3, 0.4) is 0 Å². The summed E-state index contributed by atoms with van der Waals surface area (Å²) in [5.41, 5.74) is 0. The van der Waals surface area contributed by atoms with Gasteiger partial charge < -0.3 is 10.0 Å². The molecule has 0 aliphatic carbocycles. The molecule has 0 saturated heterocycles. The van der Waals surface area contributed by atoms with Gasteiger partial charge in [-0.05, 0) is 13.8 Å². The van der Waals surface area contributed by atoms with E-state index in [0.717, 1.165) is 5.13 Å². The number of hydrogen-bond acceptors (Lipinski definition) is 4. The van der Waals surface area contributed by atoms with E-state index >= 15 is 0 Å².